The van der Waals surface area contributed by atoms with Gasteiger partial charge in [-0.1, -0.05) is 48.5 Å². The molecule has 4 aliphatic rings. The molecule has 84 heavy (non-hydrogen) atoms. The number of carbonyl (C=O) groups excluding carboxylic acids is 7. The molecule has 0 saturated carbocycles. The number of aliphatic carboxylic acids is 1. The van der Waals surface area contributed by atoms with Gasteiger partial charge in [-0.05, 0) is 68.2 Å². The first-order valence-corrected chi connectivity index (χ1v) is 28.1. The Morgan fingerprint density at radius 2 is 1.48 bits per heavy atom. The Morgan fingerprint density at radius 3 is 2.00 bits per heavy atom. The summed E-state index contributed by atoms with van der Waals surface area (Å²) in [6.07, 6.45) is 2.93. The molecule has 5 amide bonds. The fraction of sp³-hybridized carbons (Fsp3) is 0.589. The van der Waals surface area contributed by atoms with Crippen LogP contribution in [0.1, 0.15) is 140 Å². The quantitative estimate of drug-likeness (QED) is 0.0251. The second-order valence-electron chi connectivity index (χ2n) is 19.2. The van der Waals surface area contributed by atoms with Crippen LogP contribution in [0.2, 0.25) is 0 Å². The van der Waals surface area contributed by atoms with E-state index < -0.39 is 36.2 Å². The maximum absolute atomic E-state index is 14.5. The summed E-state index contributed by atoms with van der Waals surface area (Å²) in [7, 11) is 0. The van der Waals surface area contributed by atoms with Gasteiger partial charge in [-0.2, -0.15) is 11.8 Å². The van der Waals surface area contributed by atoms with Crippen molar-refractivity contribution in [3.05, 3.63) is 61.7 Å². The van der Waals surface area contributed by atoms with Crippen LogP contribution in [0.3, 0.4) is 0 Å². The molecule has 1 aromatic carbocycles. The maximum atomic E-state index is 14.5. The number of hydrogen-bond acceptors (Lipinski definition) is 18. The van der Waals surface area contributed by atoms with Crippen molar-refractivity contribution in [2.45, 2.75) is 168 Å². The van der Waals surface area contributed by atoms with Crippen molar-refractivity contribution < 1.29 is 117 Å². The van der Waals surface area contributed by atoms with Gasteiger partial charge in [0.05, 0.1) is 74.0 Å². The molecule has 7 rings (SSSR count). The molecule has 6 atom stereocenters. The molecule has 6 unspecified atom stereocenters. The predicted molar refractivity (Wildman–Crippen MR) is 308 cm³/mol. The van der Waals surface area contributed by atoms with E-state index in [1.54, 1.807) is 29.3 Å². The van der Waals surface area contributed by atoms with Gasteiger partial charge in [-0.25, -0.2) is 14.2 Å². The van der Waals surface area contributed by atoms with Crippen molar-refractivity contribution in [2.75, 3.05) is 39.5 Å². The summed E-state index contributed by atoms with van der Waals surface area (Å²) in [5.41, 5.74) is 10.7. The number of aryl methyl sites for hydroxylation is 2. The summed E-state index contributed by atoms with van der Waals surface area (Å²) in [5, 5.41) is 63.3. The zero-order chi connectivity index (χ0) is 63.5. The van der Waals surface area contributed by atoms with Crippen molar-refractivity contribution in [1.29, 1.82) is 0 Å². The Hall–Kier alpha value is -5.91. The number of aliphatic hydroxyl groups is 4. The molecule has 2 aromatic heterocycles. The van der Waals surface area contributed by atoms with Gasteiger partial charge < -0.3 is 76.5 Å². The molecule has 5 heterocycles. The zero-order valence-electron chi connectivity index (χ0n) is 49.8. The van der Waals surface area contributed by atoms with Crippen LogP contribution < -0.4 is 62.1 Å². The van der Waals surface area contributed by atoms with E-state index >= 15 is 0 Å². The molecular formula is C56H85FN7NaO18S. The van der Waals surface area contributed by atoms with Crippen LogP contribution in [0.5, 0.6) is 0 Å². The van der Waals surface area contributed by atoms with Gasteiger partial charge in [-0.15, -0.1) is 0 Å². The fourth-order valence-electron chi connectivity index (χ4n) is 8.16. The molecule has 0 spiro atoms. The molecule has 466 valence electrons. The van der Waals surface area contributed by atoms with Crippen molar-refractivity contribution in [2.24, 2.45) is 11.7 Å². The standard InChI is InChI=1S/C22H17FN2O4.C11H21N3O3.C8H16O2S.C6H12N2O3.C5H10O3.C2H6.CH2O2.CHO.Na/c1-9-10-3-2-4-11-13-7-25-17(19(13)24-16(18(10)11)6-15(9)23)5-12-14(21(25)27)8-29-22(28)20(12)26;1-8(2)9(3)14-10(16)4-5-13-11(17)6-12-7-15;1-4-6(2)11-7(3)5-8(9)10;7-5(10)1-3-8-6(11)2-4-9;6-4-1-5(7)3-8-2-4;1-2;2-1-3;1-2;/h5-6,20,26H,2-4,7-8H2,1H3;7-9H,4-6H2,1-3H3,(H,12,15)(H,13,17)(H,14,16);6-7H,4-5H2,1-3H3,(H,9,10);9H,1-4H2,(H2,7,10)(H,8,11);4-7H,1-3H2;1-2H3;1H,(H,2,3);1H;/q;;;;;;;-1;+1. The maximum Gasteiger partial charge on any atom is 1.00 e. The molecule has 28 heteroatoms. The van der Waals surface area contributed by atoms with E-state index in [0.29, 0.717) is 71.8 Å². The van der Waals surface area contributed by atoms with E-state index in [9.17, 15) is 47.9 Å². The molecule has 3 aliphatic heterocycles. The molecule has 3 aromatic rings. The summed E-state index contributed by atoms with van der Waals surface area (Å²) in [5.74, 6) is -2.46. The molecule has 12 N–H and O–H groups in total. The van der Waals surface area contributed by atoms with Gasteiger partial charge in [0.25, 0.3) is 12.0 Å². The Morgan fingerprint density at radius 1 is 0.893 bits per heavy atom. The van der Waals surface area contributed by atoms with Crippen molar-refractivity contribution >= 4 is 77.9 Å². The molecule has 1 saturated heterocycles. The number of hydrogen-bond donors (Lipinski definition) is 11. The Balaban J connectivity index is 0. The number of aliphatic hydroxyl groups excluding tert-OH is 4. The number of cyclic esters (lactones) is 1. The second kappa shape index (κ2) is 43.7. The molecular weight excluding hydrogens is 1130 g/mol. The second-order valence-corrected chi connectivity index (χ2v) is 21.1. The van der Waals surface area contributed by atoms with Crippen LogP contribution in [0.15, 0.2) is 16.9 Å². The molecule has 25 nitrogen and oxygen atoms in total. The summed E-state index contributed by atoms with van der Waals surface area (Å²) < 4.78 is 25.9. The number of nitrogens with two attached hydrogens (primary N) is 1. The number of nitrogens with zero attached hydrogens (tertiary/aromatic N) is 2. The number of amides is 5. The first-order valence-electron chi connectivity index (χ1n) is 27.1. The number of aromatic nitrogens is 2. The topological polar surface area (TPSA) is 403 Å². The molecule has 0 bridgehead atoms. The van der Waals surface area contributed by atoms with Crippen LogP contribution in [0.4, 0.5) is 4.39 Å². The van der Waals surface area contributed by atoms with Crippen LogP contribution in [0.25, 0.3) is 22.3 Å². The third kappa shape index (κ3) is 27.9. The number of nitrogens with one attached hydrogen (secondary N) is 4. The van der Waals surface area contributed by atoms with Gasteiger partial charge in [0.15, 0.2) is 6.10 Å². The Bertz CT molecular complexity index is 2640. The Labute approximate surface area is 515 Å². The minimum Gasteiger partial charge on any atom is -0.545 e. The van der Waals surface area contributed by atoms with E-state index in [0.717, 1.165) is 47.8 Å². The number of pyridine rings is 2. The first kappa shape index (κ1) is 80.2. The number of fused-ring (bicyclic) bond motifs is 5. The summed E-state index contributed by atoms with van der Waals surface area (Å²) in [6, 6.07) is 3.25. The van der Waals surface area contributed by atoms with Crippen molar-refractivity contribution in [3.63, 3.8) is 0 Å². The monoisotopic (exact) mass is 1220 g/mol. The number of esters is 1. The fourth-order valence-corrected chi connectivity index (χ4v) is 9.39. The number of carboxylic acid groups (broad SMARTS) is 2. The van der Waals surface area contributed by atoms with Crippen LogP contribution in [-0.2, 0) is 78.6 Å². The van der Waals surface area contributed by atoms with Crippen LogP contribution in [-0.4, -0.2) is 164 Å². The number of carboxylic acids is 1. The number of thioether (sulfide) groups is 1. The minimum absolute atomic E-state index is 0. The number of carbonyl (C=O) groups is 8. The minimum atomic E-state index is -1.48. The van der Waals surface area contributed by atoms with Gasteiger partial charge in [0.2, 0.25) is 30.0 Å². The predicted octanol–water partition coefficient (Wildman–Crippen LogP) is -0.822. The number of halogens is 1. The SMILES string of the molecule is CC.CC(C)C(C)NC(=O)CCNC(=O)CNC=O.CCC(C)SC(C)CC(=O)O.Cc1c(F)cc2nc3c(c4c2c1CCC4)Cn1c-3cc2c(c1=O)COC(=O)C2O.NC(=O)CCNC(=O)CCO.O=CO.OC1COCC(O)C1.[CH-]=O.[Na+]. The van der Waals surface area contributed by atoms with E-state index in [4.69, 9.17) is 55.3 Å². The van der Waals surface area contributed by atoms with E-state index in [1.165, 1.54) is 6.07 Å². The smallest absolute Gasteiger partial charge is 0.545 e. The van der Waals surface area contributed by atoms with E-state index in [2.05, 4.69) is 41.9 Å². The summed E-state index contributed by atoms with van der Waals surface area (Å²) in [6.45, 7) is 22.3. The number of rotatable bonds is 18. The van der Waals surface area contributed by atoms with Crippen molar-refractivity contribution in [1.82, 2.24) is 30.8 Å². The van der Waals surface area contributed by atoms with Gasteiger partial charge in [0.1, 0.15) is 12.4 Å². The van der Waals surface area contributed by atoms with Gasteiger partial charge in [-0.3, -0.25) is 45.1 Å². The van der Waals surface area contributed by atoms with E-state index in [-0.39, 0.29) is 141 Å². The first-order chi connectivity index (χ1) is 39.3. The van der Waals surface area contributed by atoms with E-state index in [1.807, 2.05) is 41.5 Å². The molecule has 1 aliphatic carbocycles. The number of ether oxygens (including phenoxy) is 2. The number of primary amides is 1. The number of benzene rings is 1. The van der Waals surface area contributed by atoms with Gasteiger partial charge in [0, 0.05) is 77.9 Å². The molecule has 0 radical (unpaired) electrons. The summed E-state index contributed by atoms with van der Waals surface area (Å²) in [4.78, 5) is 109. The van der Waals surface area contributed by atoms with Gasteiger partial charge >= 0.3 is 41.5 Å². The normalized spacial score (nSPS) is 16.3. The average Bonchev–Trinajstić information content (AvgIpc) is 1.94. The average molecular weight is 1220 g/mol. The summed E-state index contributed by atoms with van der Waals surface area (Å²) >= 11 is 1.75. The van der Waals surface area contributed by atoms with Crippen LogP contribution in [0, 0.1) is 18.7 Å². The molecule has 1 fully saturated rings. The Kier molecular flexibility index (Phi) is 41.7. The van der Waals surface area contributed by atoms with Crippen LogP contribution >= 0.6 is 11.8 Å². The largest absolute Gasteiger partial charge is 1.00 e. The zero-order valence-corrected chi connectivity index (χ0v) is 52.6. The third-order valence-corrected chi connectivity index (χ3v) is 14.1. The van der Waals surface area contributed by atoms with Crippen molar-refractivity contribution in [3.8, 4) is 11.4 Å². The third-order valence-electron chi connectivity index (χ3n) is 12.6.